The summed E-state index contributed by atoms with van der Waals surface area (Å²) in [5.74, 6) is -0.0781. The lowest BCUT2D eigenvalue weighted by Crippen LogP contribution is -2.52. The van der Waals surface area contributed by atoms with Crippen molar-refractivity contribution >= 4 is 11.9 Å². The topological polar surface area (TPSA) is 72.6 Å². The van der Waals surface area contributed by atoms with Gasteiger partial charge in [-0.3, -0.25) is 4.79 Å². The van der Waals surface area contributed by atoms with E-state index in [2.05, 4.69) is 13.8 Å². The SMILES string of the molecule is CCOC(=O)/C(C)=C/[C@H](CC(C)C)N(C)C(=O)[C@@H](N)C(C)(C)C. The van der Waals surface area contributed by atoms with Crippen LogP contribution < -0.4 is 5.73 Å². The number of hydrogen-bond acceptors (Lipinski definition) is 4. The minimum Gasteiger partial charge on any atom is -0.463 e. The minimum atomic E-state index is -0.585. The predicted molar refractivity (Wildman–Crippen MR) is 93.8 cm³/mol. The molecule has 5 heteroatoms. The summed E-state index contributed by atoms with van der Waals surface area (Å²) in [5.41, 5.74) is 6.30. The predicted octanol–water partition coefficient (Wildman–Crippen LogP) is 2.74. The zero-order valence-electron chi connectivity index (χ0n) is 16.0. The van der Waals surface area contributed by atoms with Crippen molar-refractivity contribution < 1.29 is 14.3 Å². The molecule has 0 radical (unpaired) electrons. The number of nitrogens with two attached hydrogens (primary N) is 1. The first-order valence-electron chi connectivity index (χ1n) is 8.29. The maximum Gasteiger partial charge on any atom is 0.333 e. The van der Waals surface area contributed by atoms with Crippen LogP contribution in [0.4, 0.5) is 0 Å². The van der Waals surface area contributed by atoms with E-state index in [1.165, 1.54) is 0 Å². The smallest absolute Gasteiger partial charge is 0.333 e. The molecule has 2 atom stereocenters. The average Bonchev–Trinajstić information content (AvgIpc) is 2.42. The molecule has 0 fully saturated rings. The molecule has 0 saturated heterocycles. The second-order valence-electron chi connectivity index (χ2n) is 7.56. The van der Waals surface area contributed by atoms with Crippen LogP contribution in [0, 0.1) is 11.3 Å². The Morgan fingerprint density at radius 1 is 1.26 bits per heavy atom. The van der Waals surface area contributed by atoms with E-state index in [1.54, 1.807) is 25.8 Å². The average molecular weight is 326 g/mol. The number of likely N-dealkylation sites (N-methyl/N-ethyl adjacent to an activating group) is 1. The third-order valence-electron chi connectivity index (χ3n) is 3.80. The number of carbonyl (C=O) groups is 2. The molecular weight excluding hydrogens is 292 g/mol. The Bertz CT molecular complexity index is 436. The van der Waals surface area contributed by atoms with E-state index < -0.39 is 6.04 Å². The van der Waals surface area contributed by atoms with Gasteiger partial charge in [0.15, 0.2) is 0 Å². The molecule has 5 nitrogen and oxygen atoms in total. The van der Waals surface area contributed by atoms with Gasteiger partial charge >= 0.3 is 5.97 Å². The molecule has 0 bridgehead atoms. The normalized spacial score (nSPS) is 15.3. The number of esters is 1. The van der Waals surface area contributed by atoms with Crippen molar-refractivity contribution in [2.24, 2.45) is 17.1 Å². The van der Waals surface area contributed by atoms with E-state index in [0.29, 0.717) is 18.1 Å². The molecule has 1 amide bonds. The highest BCUT2D eigenvalue weighted by Crippen LogP contribution is 2.21. The summed E-state index contributed by atoms with van der Waals surface area (Å²) in [6.45, 7) is 13.8. The molecule has 134 valence electrons. The van der Waals surface area contributed by atoms with Crippen LogP contribution in [0.15, 0.2) is 11.6 Å². The highest BCUT2D eigenvalue weighted by atomic mass is 16.5. The number of ether oxygens (including phenoxy) is 1. The summed E-state index contributed by atoms with van der Waals surface area (Å²) in [7, 11) is 1.75. The van der Waals surface area contributed by atoms with E-state index in [1.807, 2.05) is 26.8 Å². The summed E-state index contributed by atoms with van der Waals surface area (Å²) >= 11 is 0. The number of carbonyl (C=O) groups excluding carboxylic acids is 2. The third kappa shape index (κ3) is 7.16. The summed E-state index contributed by atoms with van der Waals surface area (Å²) in [4.78, 5) is 26.1. The highest BCUT2D eigenvalue weighted by molar-refractivity contribution is 5.88. The quantitative estimate of drug-likeness (QED) is 0.577. The fourth-order valence-electron chi connectivity index (χ4n) is 2.18. The van der Waals surface area contributed by atoms with Crippen LogP contribution in [0.1, 0.15) is 54.9 Å². The molecule has 0 aromatic carbocycles. The van der Waals surface area contributed by atoms with Gasteiger partial charge in [0.1, 0.15) is 0 Å². The second kappa shape index (κ2) is 9.06. The minimum absolute atomic E-state index is 0.115. The third-order valence-corrected chi connectivity index (χ3v) is 3.80. The number of rotatable bonds is 7. The molecule has 0 saturated carbocycles. The summed E-state index contributed by atoms with van der Waals surface area (Å²) in [6, 6.07) is -0.765. The van der Waals surface area contributed by atoms with E-state index in [0.717, 1.165) is 6.42 Å². The molecule has 0 aliphatic heterocycles. The maximum absolute atomic E-state index is 12.6. The molecule has 0 aromatic heterocycles. The number of amides is 1. The summed E-state index contributed by atoms with van der Waals surface area (Å²) in [5, 5.41) is 0. The van der Waals surface area contributed by atoms with Gasteiger partial charge in [0.05, 0.1) is 18.7 Å². The van der Waals surface area contributed by atoms with Gasteiger partial charge in [0.25, 0.3) is 0 Å². The number of nitrogens with zero attached hydrogens (tertiary/aromatic N) is 1. The number of hydrogen-bond donors (Lipinski definition) is 1. The van der Waals surface area contributed by atoms with Gasteiger partial charge < -0.3 is 15.4 Å². The van der Waals surface area contributed by atoms with Crippen LogP contribution >= 0.6 is 0 Å². The van der Waals surface area contributed by atoms with Crippen molar-refractivity contribution in [3.63, 3.8) is 0 Å². The van der Waals surface area contributed by atoms with Crippen molar-refractivity contribution in [3.8, 4) is 0 Å². The van der Waals surface area contributed by atoms with Crippen molar-refractivity contribution in [3.05, 3.63) is 11.6 Å². The molecule has 0 aliphatic carbocycles. The van der Waals surface area contributed by atoms with Gasteiger partial charge in [-0.1, -0.05) is 40.7 Å². The van der Waals surface area contributed by atoms with Gasteiger partial charge in [-0.05, 0) is 31.6 Å². The Labute approximate surface area is 141 Å². The van der Waals surface area contributed by atoms with Crippen LogP contribution in [0.5, 0.6) is 0 Å². The first-order valence-corrected chi connectivity index (χ1v) is 8.29. The lowest BCUT2D eigenvalue weighted by atomic mass is 9.86. The van der Waals surface area contributed by atoms with Crippen molar-refractivity contribution in [2.45, 2.75) is 67.0 Å². The lowest BCUT2D eigenvalue weighted by Gasteiger charge is -2.34. The fourth-order valence-corrected chi connectivity index (χ4v) is 2.18. The molecule has 0 rings (SSSR count). The molecule has 0 aliphatic rings. The van der Waals surface area contributed by atoms with Crippen molar-refractivity contribution in [2.75, 3.05) is 13.7 Å². The van der Waals surface area contributed by atoms with Gasteiger partial charge in [-0.25, -0.2) is 4.79 Å². The molecule has 0 heterocycles. The van der Waals surface area contributed by atoms with Gasteiger partial charge in [0.2, 0.25) is 5.91 Å². The van der Waals surface area contributed by atoms with Gasteiger partial charge in [0, 0.05) is 12.6 Å². The Morgan fingerprint density at radius 3 is 2.17 bits per heavy atom. The molecule has 0 spiro atoms. The maximum atomic E-state index is 12.6. The fraction of sp³-hybridized carbons (Fsp3) is 0.778. The van der Waals surface area contributed by atoms with Gasteiger partial charge in [-0.2, -0.15) is 0 Å². The van der Waals surface area contributed by atoms with E-state index in [-0.39, 0.29) is 23.3 Å². The van der Waals surface area contributed by atoms with Crippen molar-refractivity contribution in [1.29, 1.82) is 0 Å². The van der Waals surface area contributed by atoms with Gasteiger partial charge in [-0.15, -0.1) is 0 Å². The van der Waals surface area contributed by atoms with Crippen LogP contribution in [-0.2, 0) is 14.3 Å². The zero-order valence-corrected chi connectivity index (χ0v) is 16.0. The molecular formula is C18H34N2O3. The van der Waals surface area contributed by atoms with Crippen LogP contribution in [0.25, 0.3) is 0 Å². The standard InChI is InChI=1S/C18H34N2O3/c1-9-23-17(22)13(4)11-14(10-12(2)3)20(8)16(21)15(19)18(5,6)7/h11-12,14-15H,9-10,19H2,1-8H3/b13-11+/t14-,15+/m0/s1. The largest absolute Gasteiger partial charge is 0.463 e. The Kier molecular flexibility index (Phi) is 8.53. The molecule has 0 aromatic rings. The molecule has 2 N–H and O–H groups in total. The van der Waals surface area contributed by atoms with Crippen LogP contribution in [0.3, 0.4) is 0 Å². The van der Waals surface area contributed by atoms with E-state index >= 15 is 0 Å². The summed E-state index contributed by atoms with van der Waals surface area (Å²) in [6.07, 6.45) is 2.57. The molecule has 23 heavy (non-hydrogen) atoms. The second-order valence-corrected chi connectivity index (χ2v) is 7.56. The van der Waals surface area contributed by atoms with E-state index in [9.17, 15) is 9.59 Å². The Hall–Kier alpha value is -1.36. The van der Waals surface area contributed by atoms with Crippen molar-refractivity contribution in [1.82, 2.24) is 4.90 Å². The highest BCUT2D eigenvalue weighted by Gasteiger charge is 2.32. The van der Waals surface area contributed by atoms with Crippen LogP contribution in [0.2, 0.25) is 0 Å². The first-order chi connectivity index (χ1) is 10.4. The molecule has 0 unspecified atom stereocenters. The van der Waals surface area contributed by atoms with Crippen LogP contribution in [-0.4, -0.2) is 42.5 Å². The Morgan fingerprint density at radius 2 is 1.78 bits per heavy atom. The summed E-state index contributed by atoms with van der Waals surface area (Å²) < 4.78 is 5.02. The monoisotopic (exact) mass is 326 g/mol. The lowest BCUT2D eigenvalue weighted by molar-refractivity contribution is -0.139. The first kappa shape index (κ1) is 21.6. The van der Waals surface area contributed by atoms with E-state index in [4.69, 9.17) is 10.5 Å². The zero-order chi connectivity index (χ0) is 18.4. The Balaban J connectivity index is 5.35.